The predicted molar refractivity (Wildman–Crippen MR) is 57.3 cm³/mol. The second-order valence-corrected chi connectivity index (χ2v) is 3.10. The normalized spacial score (nSPS) is 11.6. The van der Waals surface area contributed by atoms with Gasteiger partial charge in [-0.25, -0.2) is 4.79 Å². The van der Waals surface area contributed by atoms with Crippen LogP contribution in [-0.4, -0.2) is 48.8 Å². The number of esters is 1. The Bertz CT molecular complexity index is 278. The minimum Gasteiger partial charge on any atom is -0.480 e. The molecule has 0 saturated carbocycles. The van der Waals surface area contributed by atoms with Crippen LogP contribution >= 0.6 is 0 Å². The molecule has 0 rings (SSSR count). The number of carbonyl (C=O) groups excluding carboxylic acids is 2. The van der Waals surface area contributed by atoms with Crippen molar-refractivity contribution < 1.29 is 29.0 Å². The van der Waals surface area contributed by atoms with Crippen LogP contribution in [0.15, 0.2) is 0 Å². The molecule has 0 fully saturated rings. The van der Waals surface area contributed by atoms with Gasteiger partial charge in [0, 0.05) is 6.61 Å². The summed E-state index contributed by atoms with van der Waals surface area (Å²) < 4.78 is 9.41. The fraction of sp³-hybridized carbons (Fsp3) is 0.700. The van der Waals surface area contributed by atoms with Crippen LogP contribution in [0.5, 0.6) is 0 Å². The number of hydrogen-bond donors (Lipinski definition) is 2. The number of aliphatic carboxylic acids is 1. The van der Waals surface area contributed by atoms with E-state index in [1.54, 1.807) is 13.8 Å². The first kappa shape index (κ1) is 15.4. The Labute approximate surface area is 99.1 Å². The molecular formula is C10H17NO6. The Morgan fingerprint density at radius 2 is 1.88 bits per heavy atom. The van der Waals surface area contributed by atoms with Crippen molar-refractivity contribution in [2.75, 3.05) is 19.8 Å². The predicted octanol–water partition coefficient (Wildman–Crippen LogP) is -0.454. The molecule has 17 heavy (non-hydrogen) atoms. The van der Waals surface area contributed by atoms with Crippen LogP contribution in [0.1, 0.15) is 20.3 Å². The summed E-state index contributed by atoms with van der Waals surface area (Å²) in [6.45, 7) is 3.60. The van der Waals surface area contributed by atoms with Crippen molar-refractivity contribution in [2.24, 2.45) is 0 Å². The molecule has 0 saturated heterocycles. The van der Waals surface area contributed by atoms with Gasteiger partial charge in [0.2, 0.25) is 5.91 Å². The van der Waals surface area contributed by atoms with Crippen LogP contribution in [0, 0.1) is 0 Å². The quantitative estimate of drug-likeness (QED) is 0.563. The summed E-state index contributed by atoms with van der Waals surface area (Å²) in [6.07, 6.45) is -0.402. The van der Waals surface area contributed by atoms with Crippen molar-refractivity contribution in [2.45, 2.75) is 26.3 Å². The minimum absolute atomic E-state index is 0.165. The molecule has 0 spiro atoms. The number of carboxylic acid groups (broad SMARTS) is 1. The Hall–Kier alpha value is -1.63. The molecule has 0 radical (unpaired) electrons. The Morgan fingerprint density at radius 1 is 1.24 bits per heavy atom. The maximum atomic E-state index is 11.2. The third-order valence-electron chi connectivity index (χ3n) is 1.75. The van der Waals surface area contributed by atoms with Gasteiger partial charge in [0.05, 0.1) is 13.0 Å². The van der Waals surface area contributed by atoms with Crippen LogP contribution in [0.25, 0.3) is 0 Å². The zero-order valence-corrected chi connectivity index (χ0v) is 9.89. The molecule has 0 unspecified atom stereocenters. The van der Waals surface area contributed by atoms with E-state index in [1.807, 2.05) is 0 Å². The fourth-order valence-electron chi connectivity index (χ4n) is 1.02. The van der Waals surface area contributed by atoms with E-state index in [9.17, 15) is 14.4 Å². The molecule has 1 atom stereocenters. The van der Waals surface area contributed by atoms with E-state index in [1.165, 1.54) is 0 Å². The third kappa shape index (κ3) is 7.29. The smallest absolute Gasteiger partial charge is 0.326 e. The number of carbonyl (C=O) groups is 3. The number of carboxylic acids is 1. The molecule has 98 valence electrons. The molecule has 0 aromatic rings. The first-order valence-corrected chi connectivity index (χ1v) is 5.26. The van der Waals surface area contributed by atoms with Crippen molar-refractivity contribution in [3.8, 4) is 0 Å². The van der Waals surface area contributed by atoms with Gasteiger partial charge in [0.25, 0.3) is 0 Å². The summed E-state index contributed by atoms with van der Waals surface area (Å²) in [5.74, 6) is -2.54. The highest BCUT2D eigenvalue weighted by atomic mass is 16.5. The van der Waals surface area contributed by atoms with Crippen LogP contribution in [0.3, 0.4) is 0 Å². The van der Waals surface area contributed by atoms with Gasteiger partial charge in [-0.3, -0.25) is 9.59 Å². The molecule has 0 aliphatic rings. The van der Waals surface area contributed by atoms with Gasteiger partial charge in [-0.1, -0.05) is 0 Å². The van der Waals surface area contributed by atoms with E-state index < -0.39 is 30.3 Å². The van der Waals surface area contributed by atoms with Crippen LogP contribution < -0.4 is 5.32 Å². The second-order valence-electron chi connectivity index (χ2n) is 3.10. The molecule has 0 aromatic heterocycles. The minimum atomic E-state index is -1.29. The number of nitrogens with one attached hydrogen (secondary N) is 1. The summed E-state index contributed by atoms with van der Waals surface area (Å²) in [4.78, 5) is 33.1. The van der Waals surface area contributed by atoms with E-state index in [0.717, 1.165) is 0 Å². The summed E-state index contributed by atoms with van der Waals surface area (Å²) >= 11 is 0. The highest BCUT2D eigenvalue weighted by molar-refractivity contribution is 5.87. The first-order valence-electron chi connectivity index (χ1n) is 5.26. The highest BCUT2D eigenvalue weighted by Gasteiger charge is 2.23. The number of rotatable bonds is 8. The first-order chi connectivity index (χ1) is 8.01. The average molecular weight is 247 g/mol. The summed E-state index contributed by atoms with van der Waals surface area (Å²) in [5, 5.41) is 11.0. The van der Waals surface area contributed by atoms with E-state index in [4.69, 9.17) is 9.84 Å². The molecule has 7 heteroatoms. The highest BCUT2D eigenvalue weighted by Crippen LogP contribution is 1.96. The van der Waals surface area contributed by atoms with Gasteiger partial charge in [0.1, 0.15) is 12.6 Å². The molecule has 0 aromatic carbocycles. The second kappa shape index (κ2) is 8.51. The number of amides is 1. The maximum Gasteiger partial charge on any atom is 0.326 e. The summed E-state index contributed by atoms with van der Waals surface area (Å²) in [7, 11) is 0. The fourth-order valence-corrected chi connectivity index (χ4v) is 1.02. The maximum absolute atomic E-state index is 11.2. The summed E-state index contributed by atoms with van der Waals surface area (Å²) in [6, 6.07) is -1.29. The van der Waals surface area contributed by atoms with Gasteiger partial charge in [-0.05, 0) is 13.8 Å². The van der Waals surface area contributed by atoms with E-state index in [2.05, 4.69) is 10.1 Å². The standard InChI is InChI=1S/C10H17NO6/c1-3-16-6-8(12)11-7(10(14)15)5-9(13)17-4-2/h7H,3-6H2,1-2H3,(H,11,12)(H,14,15)/t7-/m0/s1. The average Bonchev–Trinajstić information content (AvgIpc) is 2.25. The van der Waals surface area contributed by atoms with Crippen molar-refractivity contribution in [3.05, 3.63) is 0 Å². The zero-order chi connectivity index (χ0) is 13.3. The zero-order valence-electron chi connectivity index (χ0n) is 9.89. The number of ether oxygens (including phenoxy) is 2. The lowest BCUT2D eigenvalue weighted by Crippen LogP contribution is -2.44. The lowest BCUT2D eigenvalue weighted by molar-refractivity contribution is -0.150. The van der Waals surface area contributed by atoms with E-state index in [0.29, 0.717) is 6.61 Å². The largest absolute Gasteiger partial charge is 0.480 e. The van der Waals surface area contributed by atoms with Gasteiger partial charge >= 0.3 is 11.9 Å². The topological polar surface area (TPSA) is 102 Å². The Kier molecular flexibility index (Phi) is 7.70. The van der Waals surface area contributed by atoms with Crippen LogP contribution in [0.4, 0.5) is 0 Å². The SMILES string of the molecule is CCOCC(=O)N[C@@H](CC(=O)OCC)C(=O)O. The Morgan fingerprint density at radius 3 is 2.35 bits per heavy atom. The van der Waals surface area contributed by atoms with Gasteiger partial charge in [0.15, 0.2) is 0 Å². The van der Waals surface area contributed by atoms with Gasteiger partial charge in [-0.2, -0.15) is 0 Å². The van der Waals surface area contributed by atoms with E-state index >= 15 is 0 Å². The Balaban J connectivity index is 4.19. The monoisotopic (exact) mass is 247 g/mol. The molecule has 7 nitrogen and oxygen atoms in total. The number of hydrogen-bond acceptors (Lipinski definition) is 5. The van der Waals surface area contributed by atoms with Crippen LogP contribution in [-0.2, 0) is 23.9 Å². The van der Waals surface area contributed by atoms with Gasteiger partial charge in [-0.15, -0.1) is 0 Å². The lowest BCUT2D eigenvalue weighted by Gasteiger charge is -2.13. The van der Waals surface area contributed by atoms with Crippen molar-refractivity contribution >= 4 is 17.8 Å². The lowest BCUT2D eigenvalue weighted by atomic mass is 10.2. The van der Waals surface area contributed by atoms with Crippen molar-refractivity contribution in [1.29, 1.82) is 0 Å². The molecule has 0 aliphatic carbocycles. The summed E-state index contributed by atoms with van der Waals surface area (Å²) in [5.41, 5.74) is 0. The van der Waals surface area contributed by atoms with Gasteiger partial charge < -0.3 is 19.9 Å². The molecule has 2 N–H and O–H groups in total. The molecule has 0 aliphatic heterocycles. The molecule has 0 heterocycles. The molecule has 1 amide bonds. The van der Waals surface area contributed by atoms with E-state index in [-0.39, 0.29) is 13.2 Å². The third-order valence-corrected chi connectivity index (χ3v) is 1.75. The van der Waals surface area contributed by atoms with Crippen molar-refractivity contribution in [3.63, 3.8) is 0 Å². The molecule has 0 bridgehead atoms. The van der Waals surface area contributed by atoms with Crippen molar-refractivity contribution in [1.82, 2.24) is 5.32 Å². The van der Waals surface area contributed by atoms with Crippen LogP contribution in [0.2, 0.25) is 0 Å². The molecular weight excluding hydrogens is 230 g/mol.